The second kappa shape index (κ2) is 15.5. The number of halogens is 1. The summed E-state index contributed by atoms with van der Waals surface area (Å²) in [6, 6.07) is 14.0. The first-order valence-corrected chi connectivity index (χ1v) is 14.6. The molecule has 0 bridgehead atoms. The summed E-state index contributed by atoms with van der Waals surface area (Å²) in [7, 11) is 1.36. The second-order valence-electron chi connectivity index (χ2n) is 11.0. The number of hydrogen-bond donors (Lipinski definition) is 4. The first-order chi connectivity index (χ1) is 20.6. The third-order valence-electron chi connectivity index (χ3n) is 7.84. The summed E-state index contributed by atoms with van der Waals surface area (Å²) in [4.78, 5) is 41.4. The number of rotatable bonds is 16. The van der Waals surface area contributed by atoms with Crippen molar-refractivity contribution < 1.29 is 28.6 Å². The molecular weight excluding hydrogens is 551 g/mol. The van der Waals surface area contributed by atoms with E-state index in [1.807, 2.05) is 44.2 Å². The van der Waals surface area contributed by atoms with Crippen molar-refractivity contribution in [3.8, 4) is 5.75 Å². The lowest BCUT2D eigenvalue weighted by Gasteiger charge is -2.42. The van der Waals surface area contributed by atoms with E-state index in [1.165, 1.54) is 31.4 Å². The minimum atomic E-state index is -1.68. The molecule has 232 valence electrons. The molecule has 0 heterocycles. The summed E-state index contributed by atoms with van der Waals surface area (Å²) in [6.45, 7) is 5.39. The molecule has 2 aromatic rings. The third kappa shape index (κ3) is 8.30. The van der Waals surface area contributed by atoms with Crippen molar-refractivity contribution in [3.05, 3.63) is 88.8 Å². The van der Waals surface area contributed by atoms with Crippen molar-refractivity contribution >= 4 is 17.7 Å². The van der Waals surface area contributed by atoms with Gasteiger partial charge in [-0.15, -0.1) is 0 Å². The van der Waals surface area contributed by atoms with Crippen LogP contribution < -0.4 is 21.5 Å². The predicted molar refractivity (Wildman–Crippen MR) is 163 cm³/mol. The molecule has 0 saturated carbocycles. The van der Waals surface area contributed by atoms with Crippen LogP contribution in [0.5, 0.6) is 5.75 Å². The van der Waals surface area contributed by atoms with Gasteiger partial charge in [-0.05, 0) is 55.0 Å². The lowest BCUT2D eigenvalue weighted by Crippen LogP contribution is -2.52. The Labute approximate surface area is 252 Å². The molecule has 1 unspecified atom stereocenters. The minimum Gasteiger partial charge on any atom is -0.494 e. The highest BCUT2D eigenvalue weighted by Crippen LogP contribution is 2.44. The fraction of sp³-hybridized carbons (Fsp3) is 0.424. The number of aliphatic hydroxyl groups is 1. The Morgan fingerprint density at radius 1 is 1.07 bits per heavy atom. The second-order valence-corrected chi connectivity index (χ2v) is 11.0. The quantitative estimate of drug-likeness (QED) is 0.235. The van der Waals surface area contributed by atoms with E-state index in [4.69, 9.17) is 16.2 Å². The molecule has 3 atom stereocenters. The summed E-state index contributed by atoms with van der Waals surface area (Å²) in [6.07, 6.45) is 2.89. The third-order valence-corrected chi connectivity index (χ3v) is 7.84. The molecule has 6 N–H and O–H groups in total. The monoisotopic (exact) mass is 594 g/mol. The van der Waals surface area contributed by atoms with Gasteiger partial charge in [0.2, 0.25) is 17.7 Å². The first-order valence-electron chi connectivity index (χ1n) is 14.6. The van der Waals surface area contributed by atoms with Crippen LogP contribution in [0, 0.1) is 17.2 Å². The average Bonchev–Trinajstić information content (AvgIpc) is 2.99. The van der Waals surface area contributed by atoms with Crippen LogP contribution in [0.25, 0.3) is 0 Å². The molecule has 2 aromatic carbocycles. The zero-order chi connectivity index (χ0) is 31.6. The number of nitrogens with one attached hydrogen (secondary N) is 1. The van der Waals surface area contributed by atoms with Crippen LogP contribution in [0.1, 0.15) is 44.2 Å². The van der Waals surface area contributed by atoms with Gasteiger partial charge in [0.05, 0.1) is 18.6 Å². The van der Waals surface area contributed by atoms with E-state index in [0.717, 1.165) is 18.4 Å². The lowest BCUT2D eigenvalue weighted by atomic mass is 9.63. The molecule has 1 aliphatic carbocycles. The number of carbonyl (C=O) groups is 3. The molecule has 43 heavy (non-hydrogen) atoms. The van der Waals surface area contributed by atoms with Crippen LogP contribution in [0.15, 0.2) is 71.8 Å². The van der Waals surface area contributed by atoms with Crippen molar-refractivity contribution in [1.29, 1.82) is 0 Å². The predicted octanol–water partition coefficient (Wildman–Crippen LogP) is 3.01. The fourth-order valence-corrected chi connectivity index (χ4v) is 5.70. The topological polar surface area (TPSA) is 148 Å². The van der Waals surface area contributed by atoms with Crippen LogP contribution in [-0.2, 0) is 27.3 Å². The molecule has 9 nitrogen and oxygen atoms in total. The summed E-state index contributed by atoms with van der Waals surface area (Å²) < 4.78 is 19.8. The van der Waals surface area contributed by atoms with Crippen molar-refractivity contribution in [3.63, 3.8) is 0 Å². The number of primary amides is 2. The van der Waals surface area contributed by atoms with Gasteiger partial charge in [0, 0.05) is 43.2 Å². The number of nitrogens with two attached hydrogens (primary N) is 2. The first kappa shape index (κ1) is 33.5. The van der Waals surface area contributed by atoms with E-state index in [1.54, 1.807) is 11.0 Å². The highest BCUT2D eigenvalue weighted by atomic mass is 19.1. The Hall–Kier alpha value is -4.02. The number of benzene rings is 2. The van der Waals surface area contributed by atoms with Gasteiger partial charge < -0.3 is 31.5 Å². The van der Waals surface area contributed by atoms with Gasteiger partial charge >= 0.3 is 0 Å². The number of methoxy groups -OCH3 is 1. The van der Waals surface area contributed by atoms with Gasteiger partial charge in [0.15, 0.2) is 11.6 Å². The number of ether oxygens (including phenoxy) is 1. The van der Waals surface area contributed by atoms with E-state index in [9.17, 15) is 23.9 Å². The smallest absolute Gasteiger partial charge is 0.249 e. The number of aliphatic hydroxyl groups excluding tert-OH is 1. The summed E-state index contributed by atoms with van der Waals surface area (Å²) in [5.41, 5.74) is 11.7. The SMILES string of the molecule is CCCN(CCC)C(=O)C1=CC(C(N)=O)=CC(C(N)=O)([C@H](Cc2ccc(OC)c(F)c2)[C@@H](O)CNCc2ccccc2)C1. The molecule has 1 aliphatic rings. The minimum absolute atomic E-state index is 0.00961. The zero-order valence-corrected chi connectivity index (χ0v) is 25.1. The number of amides is 3. The Bertz CT molecular complexity index is 1340. The Kier molecular flexibility index (Phi) is 12.0. The van der Waals surface area contributed by atoms with E-state index in [0.29, 0.717) is 25.2 Å². The Balaban J connectivity index is 2.07. The Morgan fingerprint density at radius 3 is 2.30 bits per heavy atom. The van der Waals surface area contributed by atoms with Crippen molar-refractivity contribution in [2.75, 3.05) is 26.7 Å². The van der Waals surface area contributed by atoms with Gasteiger partial charge in [-0.2, -0.15) is 0 Å². The molecule has 3 amide bonds. The van der Waals surface area contributed by atoms with Gasteiger partial charge in [0.1, 0.15) is 0 Å². The molecule has 0 radical (unpaired) electrons. The molecule has 10 heteroatoms. The maximum Gasteiger partial charge on any atom is 0.249 e. The van der Waals surface area contributed by atoms with Crippen LogP contribution in [0.4, 0.5) is 4.39 Å². The highest BCUT2D eigenvalue weighted by molar-refractivity contribution is 6.03. The van der Waals surface area contributed by atoms with Gasteiger partial charge in [-0.3, -0.25) is 14.4 Å². The maximum absolute atomic E-state index is 14.7. The average molecular weight is 595 g/mol. The number of hydrogen-bond acceptors (Lipinski definition) is 6. The van der Waals surface area contributed by atoms with Crippen LogP contribution >= 0.6 is 0 Å². The van der Waals surface area contributed by atoms with E-state index >= 15 is 0 Å². The van der Waals surface area contributed by atoms with Crippen molar-refractivity contribution in [2.24, 2.45) is 22.8 Å². The zero-order valence-electron chi connectivity index (χ0n) is 25.1. The summed E-state index contributed by atoms with van der Waals surface area (Å²) in [5, 5.41) is 14.9. The van der Waals surface area contributed by atoms with Crippen LogP contribution in [-0.4, -0.2) is 60.6 Å². The van der Waals surface area contributed by atoms with E-state index < -0.39 is 35.1 Å². The molecule has 3 rings (SSSR count). The number of carbonyl (C=O) groups excluding carboxylic acids is 3. The van der Waals surface area contributed by atoms with Crippen molar-refractivity contribution in [1.82, 2.24) is 10.2 Å². The van der Waals surface area contributed by atoms with Gasteiger partial charge in [0.25, 0.3) is 0 Å². The maximum atomic E-state index is 14.7. The fourth-order valence-electron chi connectivity index (χ4n) is 5.70. The molecule has 0 spiro atoms. The summed E-state index contributed by atoms with van der Waals surface area (Å²) >= 11 is 0. The van der Waals surface area contributed by atoms with Crippen molar-refractivity contribution in [2.45, 2.75) is 52.2 Å². The molecule has 0 saturated heterocycles. The number of nitrogens with zero attached hydrogens (tertiary/aromatic N) is 1. The largest absolute Gasteiger partial charge is 0.494 e. The lowest BCUT2D eigenvalue weighted by molar-refractivity contribution is -0.132. The van der Waals surface area contributed by atoms with Crippen LogP contribution in [0.2, 0.25) is 0 Å². The Morgan fingerprint density at radius 2 is 1.74 bits per heavy atom. The molecular formula is C33H43FN4O5. The molecule has 0 fully saturated rings. The van der Waals surface area contributed by atoms with E-state index in [-0.39, 0.29) is 42.2 Å². The van der Waals surface area contributed by atoms with E-state index in [2.05, 4.69) is 5.32 Å². The summed E-state index contributed by atoms with van der Waals surface area (Å²) in [5.74, 6) is -3.51. The van der Waals surface area contributed by atoms with Crippen LogP contribution in [0.3, 0.4) is 0 Å². The molecule has 0 aliphatic heterocycles. The van der Waals surface area contributed by atoms with Gasteiger partial charge in [-0.1, -0.05) is 56.3 Å². The molecule has 0 aromatic heterocycles. The standard InChI is InChI=1S/C33H43FN4O5/c1-4-13-38(14-5-2)31(41)25-17-24(30(35)40)18-33(19-25,32(36)42)26(15-23-11-12-29(43-3)27(34)16-23)28(39)21-37-20-22-9-7-6-8-10-22/h6-12,16-18,26,28,37,39H,4-5,13-15,19-21H2,1-3H3,(H2,35,40)(H2,36,42)/t26-,28+,33?/m1/s1. The normalized spacial score (nSPS) is 17.8. The van der Waals surface area contributed by atoms with Gasteiger partial charge in [-0.25, -0.2) is 4.39 Å². The highest BCUT2D eigenvalue weighted by Gasteiger charge is 2.49.